The van der Waals surface area contributed by atoms with E-state index in [0.717, 1.165) is 19.4 Å². The van der Waals surface area contributed by atoms with Gasteiger partial charge < -0.3 is 15.2 Å². The maximum atomic E-state index is 9.25. The van der Waals surface area contributed by atoms with Crippen LogP contribution in [0.15, 0.2) is 24.3 Å². The molecule has 0 saturated carbocycles. The van der Waals surface area contributed by atoms with Gasteiger partial charge in [0.2, 0.25) is 0 Å². The zero-order valence-electron chi connectivity index (χ0n) is 10.9. The molecule has 0 spiro atoms. The van der Waals surface area contributed by atoms with Crippen LogP contribution in [-0.4, -0.2) is 24.9 Å². The van der Waals surface area contributed by atoms with Crippen LogP contribution in [0.2, 0.25) is 0 Å². The van der Waals surface area contributed by atoms with E-state index < -0.39 is 0 Å². The minimum atomic E-state index is 0.266. The first-order valence-corrected chi connectivity index (χ1v) is 6.21. The summed E-state index contributed by atoms with van der Waals surface area (Å²) in [6.07, 6.45) is 2.25. The number of phenols is 1. The van der Waals surface area contributed by atoms with Crippen LogP contribution >= 0.6 is 0 Å². The van der Waals surface area contributed by atoms with Gasteiger partial charge in [-0.1, -0.05) is 25.5 Å². The third kappa shape index (κ3) is 4.75. The Morgan fingerprint density at radius 2 is 1.94 bits per heavy atom. The maximum absolute atomic E-state index is 9.25. The molecule has 0 radical (unpaired) electrons. The molecule has 1 rings (SSSR count). The molecule has 2 atom stereocenters. The van der Waals surface area contributed by atoms with Crippen molar-refractivity contribution >= 4 is 0 Å². The van der Waals surface area contributed by atoms with Crippen molar-refractivity contribution in [2.24, 2.45) is 0 Å². The summed E-state index contributed by atoms with van der Waals surface area (Å²) in [5.74, 6) is 0.308. The van der Waals surface area contributed by atoms with E-state index in [4.69, 9.17) is 4.74 Å². The predicted molar refractivity (Wildman–Crippen MR) is 70.2 cm³/mol. The van der Waals surface area contributed by atoms with Crippen molar-refractivity contribution in [3.63, 3.8) is 0 Å². The fraction of sp³-hybridized carbons (Fsp3) is 0.571. The highest BCUT2D eigenvalue weighted by molar-refractivity contribution is 5.27. The van der Waals surface area contributed by atoms with Crippen LogP contribution in [0, 0.1) is 0 Å². The Hall–Kier alpha value is -1.06. The molecule has 0 bridgehead atoms. The quantitative estimate of drug-likeness (QED) is 0.766. The Kier molecular flexibility index (Phi) is 6.01. The summed E-state index contributed by atoms with van der Waals surface area (Å²) >= 11 is 0. The maximum Gasteiger partial charge on any atom is 0.115 e. The second-order valence-corrected chi connectivity index (χ2v) is 4.42. The third-order valence-corrected chi connectivity index (χ3v) is 2.88. The summed E-state index contributed by atoms with van der Waals surface area (Å²) < 4.78 is 5.21. The molecule has 0 saturated heterocycles. The number of hydrogen-bond acceptors (Lipinski definition) is 3. The standard InChI is InChI=1S/C14H23NO2/c1-4-5-13(10-17-3)15-11(2)12-6-8-14(16)9-7-12/h6-9,11,13,15-16H,4-5,10H2,1-3H3. The van der Waals surface area contributed by atoms with Gasteiger partial charge in [0, 0.05) is 19.2 Å². The number of benzene rings is 1. The van der Waals surface area contributed by atoms with Crippen LogP contribution in [0.4, 0.5) is 0 Å². The topological polar surface area (TPSA) is 41.5 Å². The molecule has 1 aromatic rings. The molecule has 0 aliphatic rings. The number of ether oxygens (including phenoxy) is 1. The van der Waals surface area contributed by atoms with Crippen molar-refractivity contribution in [2.45, 2.75) is 38.8 Å². The summed E-state index contributed by atoms with van der Waals surface area (Å²) in [5, 5.41) is 12.8. The van der Waals surface area contributed by atoms with Crippen molar-refractivity contribution in [3.8, 4) is 5.75 Å². The van der Waals surface area contributed by atoms with Crippen LogP contribution in [-0.2, 0) is 4.74 Å². The van der Waals surface area contributed by atoms with Gasteiger partial charge in [-0.05, 0) is 31.0 Å². The Labute approximate surface area is 104 Å². The van der Waals surface area contributed by atoms with Gasteiger partial charge in [-0.15, -0.1) is 0 Å². The highest BCUT2D eigenvalue weighted by Crippen LogP contribution is 2.17. The first-order valence-electron chi connectivity index (χ1n) is 6.21. The lowest BCUT2D eigenvalue weighted by Crippen LogP contribution is -2.35. The van der Waals surface area contributed by atoms with E-state index >= 15 is 0 Å². The summed E-state index contributed by atoms with van der Waals surface area (Å²) in [5.41, 5.74) is 1.18. The molecular weight excluding hydrogens is 214 g/mol. The highest BCUT2D eigenvalue weighted by Gasteiger charge is 2.12. The van der Waals surface area contributed by atoms with E-state index in [1.807, 2.05) is 12.1 Å². The summed E-state index contributed by atoms with van der Waals surface area (Å²) in [6, 6.07) is 7.99. The van der Waals surface area contributed by atoms with Crippen LogP contribution in [0.25, 0.3) is 0 Å². The van der Waals surface area contributed by atoms with Gasteiger partial charge in [0.15, 0.2) is 0 Å². The average Bonchev–Trinajstić information content (AvgIpc) is 2.30. The summed E-state index contributed by atoms with van der Waals surface area (Å²) in [7, 11) is 1.73. The lowest BCUT2D eigenvalue weighted by Gasteiger charge is -2.22. The minimum Gasteiger partial charge on any atom is -0.508 e. The lowest BCUT2D eigenvalue weighted by molar-refractivity contribution is 0.157. The van der Waals surface area contributed by atoms with Crippen molar-refractivity contribution in [3.05, 3.63) is 29.8 Å². The molecule has 1 aromatic carbocycles. The molecule has 2 N–H and O–H groups in total. The van der Waals surface area contributed by atoms with E-state index in [-0.39, 0.29) is 6.04 Å². The second-order valence-electron chi connectivity index (χ2n) is 4.42. The van der Waals surface area contributed by atoms with Gasteiger partial charge in [-0.3, -0.25) is 0 Å². The van der Waals surface area contributed by atoms with E-state index in [9.17, 15) is 5.11 Å². The molecule has 0 aromatic heterocycles. The van der Waals surface area contributed by atoms with Gasteiger partial charge in [0.25, 0.3) is 0 Å². The number of phenolic OH excluding ortho intramolecular Hbond substituents is 1. The van der Waals surface area contributed by atoms with E-state index in [0.29, 0.717) is 11.8 Å². The lowest BCUT2D eigenvalue weighted by atomic mass is 10.1. The highest BCUT2D eigenvalue weighted by atomic mass is 16.5. The molecular formula is C14H23NO2. The smallest absolute Gasteiger partial charge is 0.115 e. The fourth-order valence-electron chi connectivity index (χ4n) is 1.98. The van der Waals surface area contributed by atoms with Gasteiger partial charge in [-0.2, -0.15) is 0 Å². The van der Waals surface area contributed by atoms with Gasteiger partial charge in [-0.25, -0.2) is 0 Å². The monoisotopic (exact) mass is 237 g/mol. The first kappa shape index (κ1) is 14.0. The van der Waals surface area contributed by atoms with Crippen molar-refractivity contribution in [2.75, 3.05) is 13.7 Å². The summed E-state index contributed by atoms with van der Waals surface area (Å²) in [6.45, 7) is 5.04. The zero-order valence-corrected chi connectivity index (χ0v) is 10.9. The van der Waals surface area contributed by atoms with Crippen LogP contribution < -0.4 is 5.32 Å². The second kappa shape index (κ2) is 7.30. The summed E-state index contributed by atoms with van der Waals surface area (Å²) in [4.78, 5) is 0. The molecule has 17 heavy (non-hydrogen) atoms. The number of aromatic hydroxyl groups is 1. The van der Waals surface area contributed by atoms with Crippen molar-refractivity contribution in [1.82, 2.24) is 5.32 Å². The molecule has 3 heteroatoms. The van der Waals surface area contributed by atoms with Gasteiger partial charge in [0.1, 0.15) is 5.75 Å². The Morgan fingerprint density at radius 3 is 2.47 bits per heavy atom. The van der Waals surface area contributed by atoms with Crippen molar-refractivity contribution in [1.29, 1.82) is 0 Å². The van der Waals surface area contributed by atoms with Crippen LogP contribution in [0.5, 0.6) is 5.75 Å². The Morgan fingerprint density at radius 1 is 1.29 bits per heavy atom. The largest absolute Gasteiger partial charge is 0.508 e. The fourth-order valence-corrected chi connectivity index (χ4v) is 1.98. The first-order chi connectivity index (χ1) is 8.17. The normalized spacial score (nSPS) is 14.5. The van der Waals surface area contributed by atoms with Crippen LogP contribution in [0.3, 0.4) is 0 Å². The predicted octanol–water partition coefficient (Wildman–Crippen LogP) is 2.86. The molecule has 0 amide bonds. The number of nitrogens with one attached hydrogen (secondary N) is 1. The van der Waals surface area contributed by atoms with E-state index in [1.54, 1.807) is 19.2 Å². The van der Waals surface area contributed by atoms with Crippen LogP contribution in [0.1, 0.15) is 38.3 Å². The van der Waals surface area contributed by atoms with Crippen molar-refractivity contribution < 1.29 is 9.84 Å². The molecule has 0 heterocycles. The molecule has 2 unspecified atom stereocenters. The number of rotatable bonds is 7. The number of hydrogen-bond donors (Lipinski definition) is 2. The molecule has 3 nitrogen and oxygen atoms in total. The Bertz CT molecular complexity index is 305. The SMILES string of the molecule is CCCC(COC)NC(C)c1ccc(O)cc1. The molecule has 0 aliphatic carbocycles. The van der Waals surface area contributed by atoms with E-state index in [1.165, 1.54) is 5.56 Å². The minimum absolute atomic E-state index is 0.266. The van der Waals surface area contributed by atoms with Gasteiger partial charge in [0.05, 0.1) is 6.61 Å². The average molecular weight is 237 g/mol. The third-order valence-electron chi connectivity index (χ3n) is 2.88. The Balaban J connectivity index is 2.56. The van der Waals surface area contributed by atoms with E-state index in [2.05, 4.69) is 19.2 Å². The molecule has 0 fully saturated rings. The molecule has 96 valence electrons. The number of methoxy groups -OCH3 is 1. The molecule has 0 aliphatic heterocycles. The van der Waals surface area contributed by atoms with Gasteiger partial charge >= 0.3 is 0 Å². The zero-order chi connectivity index (χ0) is 12.7.